The summed E-state index contributed by atoms with van der Waals surface area (Å²) in [6.45, 7) is 0.426. The van der Waals surface area contributed by atoms with Crippen molar-refractivity contribution in [1.29, 1.82) is 0 Å². The van der Waals surface area contributed by atoms with Crippen molar-refractivity contribution in [3.63, 3.8) is 0 Å². The predicted octanol–water partition coefficient (Wildman–Crippen LogP) is 2.65. The first-order valence-electron chi connectivity index (χ1n) is 4.88. The van der Waals surface area contributed by atoms with Crippen molar-refractivity contribution in [2.24, 2.45) is 0 Å². The average molecular weight is 270 g/mol. The molecule has 0 unspecified atom stereocenters. The van der Waals surface area contributed by atoms with Gasteiger partial charge in [0.1, 0.15) is 10.8 Å². The molecule has 2 N–H and O–H groups in total. The summed E-state index contributed by atoms with van der Waals surface area (Å²) in [5, 5.41) is 3.34. The molecule has 0 aliphatic carbocycles. The minimum Gasteiger partial charge on any atom is -0.347 e. The number of hydrogen-bond donors (Lipinski definition) is 2. The molecule has 2 heterocycles. The third-order valence-electron chi connectivity index (χ3n) is 2.17. The quantitative estimate of drug-likeness (QED) is 0.900. The van der Waals surface area contributed by atoms with E-state index in [1.165, 1.54) is 6.07 Å². The Morgan fingerprint density at radius 2 is 2.06 bits per heavy atom. The van der Waals surface area contributed by atoms with Gasteiger partial charge < -0.3 is 10.3 Å². The lowest BCUT2D eigenvalue weighted by atomic mass is 10.2. The number of H-pyrrole nitrogens is 1. The molecule has 2 aromatic rings. The molecule has 0 aliphatic rings. The summed E-state index contributed by atoms with van der Waals surface area (Å²) in [5.41, 5.74) is 1.31. The second-order valence-corrected chi connectivity index (χ2v) is 4.17. The smallest absolute Gasteiger partial charge is 0.268 e. The largest absolute Gasteiger partial charge is 0.347 e. The van der Waals surface area contributed by atoms with Crippen LogP contribution in [-0.2, 0) is 6.54 Å². The van der Waals surface area contributed by atoms with E-state index in [0.29, 0.717) is 17.3 Å². The molecule has 0 aromatic carbocycles. The average Bonchev–Trinajstić information content (AvgIpc) is 2.68. The van der Waals surface area contributed by atoms with Crippen LogP contribution in [0.15, 0.2) is 30.6 Å². The third kappa shape index (κ3) is 2.99. The summed E-state index contributed by atoms with van der Waals surface area (Å²) in [6, 6.07) is 5.15. The van der Waals surface area contributed by atoms with E-state index in [1.54, 1.807) is 12.4 Å². The van der Waals surface area contributed by atoms with Crippen molar-refractivity contribution < 1.29 is 4.79 Å². The predicted molar refractivity (Wildman–Crippen MR) is 66.2 cm³/mol. The molecule has 17 heavy (non-hydrogen) atoms. The van der Waals surface area contributed by atoms with Crippen LogP contribution in [0.5, 0.6) is 0 Å². The zero-order valence-electron chi connectivity index (χ0n) is 8.71. The van der Waals surface area contributed by atoms with E-state index >= 15 is 0 Å². The van der Waals surface area contributed by atoms with Crippen molar-refractivity contribution in [2.75, 3.05) is 0 Å². The van der Waals surface area contributed by atoms with E-state index < -0.39 is 0 Å². The Bertz CT molecular complexity index is 505. The van der Waals surface area contributed by atoms with Gasteiger partial charge in [-0.2, -0.15) is 0 Å². The number of carbonyl (C=O) groups is 1. The highest BCUT2D eigenvalue weighted by atomic mass is 35.5. The molecular weight excluding hydrogens is 261 g/mol. The van der Waals surface area contributed by atoms with E-state index in [4.69, 9.17) is 23.2 Å². The number of aromatic amines is 1. The maximum atomic E-state index is 11.7. The number of nitrogens with zero attached hydrogens (tertiary/aromatic N) is 1. The number of amides is 1. The first-order valence-corrected chi connectivity index (χ1v) is 5.63. The molecule has 88 valence electrons. The highest BCUT2D eigenvalue weighted by molar-refractivity contribution is 6.41. The lowest BCUT2D eigenvalue weighted by Gasteiger charge is -2.03. The highest BCUT2D eigenvalue weighted by Crippen LogP contribution is 2.21. The molecule has 2 aromatic heterocycles. The van der Waals surface area contributed by atoms with E-state index in [-0.39, 0.29) is 11.1 Å². The van der Waals surface area contributed by atoms with Gasteiger partial charge in [0.2, 0.25) is 0 Å². The van der Waals surface area contributed by atoms with Crippen LogP contribution in [0.25, 0.3) is 0 Å². The summed E-state index contributed by atoms with van der Waals surface area (Å²) in [5.74, 6) is -0.254. The SMILES string of the molecule is O=C(NCc1ccncc1)c1cc(Cl)c(Cl)[nH]1. The lowest BCUT2D eigenvalue weighted by molar-refractivity contribution is 0.0946. The highest BCUT2D eigenvalue weighted by Gasteiger charge is 2.10. The number of carbonyl (C=O) groups excluding carboxylic acids is 1. The van der Waals surface area contributed by atoms with Crippen molar-refractivity contribution in [3.8, 4) is 0 Å². The van der Waals surface area contributed by atoms with Gasteiger partial charge >= 0.3 is 0 Å². The molecule has 0 atom stereocenters. The van der Waals surface area contributed by atoms with Crippen LogP contribution >= 0.6 is 23.2 Å². The number of halogens is 2. The molecule has 0 saturated heterocycles. The summed E-state index contributed by atoms with van der Waals surface area (Å²) in [7, 11) is 0. The summed E-state index contributed by atoms with van der Waals surface area (Å²) < 4.78 is 0. The standard InChI is InChI=1S/C11H9Cl2N3O/c12-8-5-9(16-10(8)13)11(17)15-6-7-1-3-14-4-2-7/h1-5,16H,6H2,(H,15,17). The zero-order chi connectivity index (χ0) is 12.3. The van der Waals surface area contributed by atoms with E-state index in [1.807, 2.05) is 12.1 Å². The Kier molecular flexibility index (Phi) is 3.66. The van der Waals surface area contributed by atoms with Crippen molar-refractivity contribution in [3.05, 3.63) is 52.0 Å². The Balaban J connectivity index is 1.98. The molecule has 0 spiro atoms. The Morgan fingerprint density at radius 3 is 2.65 bits per heavy atom. The maximum Gasteiger partial charge on any atom is 0.268 e. The first kappa shape index (κ1) is 12.0. The third-order valence-corrected chi connectivity index (χ3v) is 2.87. The topological polar surface area (TPSA) is 57.8 Å². The molecule has 1 amide bonds. The number of aromatic nitrogens is 2. The van der Waals surface area contributed by atoms with Gasteiger partial charge in [0, 0.05) is 18.9 Å². The zero-order valence-corrected chi connectivity index (χ0v) is 10.2. The fourth-order valence-corrected chi connectivity index (χ4v) is 1.62. The molecule has 0 bridgehead atoms. The molecule has 0 saturated carbocycles. The number of hydrogen-bond acceptors (Lipinski definition) is 2. The van der Waals surface area contributed by atoms with Crippen molar-refractivity contribution >= 4 is 29.1 Å². The number of nitrogens with one attached hydrogen (secondary N) is 2. The van der Waals surface area contributed by atoms with E-state index in [2.05, 4.69) is 15.3 Å². The maximum absolute atomic E-state index is 11.7. The second kappa shape index (κ2) is 5.21. The molecule has 4 nitrogen and oxygen atoms in total. The normalized spacial score (nSPS) is 10.2. The van der Waals surface area contributed by atoms with Gasteiger partial charge in [-0.15, -0.1) is 0 Å². The molecule has 0 fully saturated rings. The second-order valence-electron chi connectivity index (χ2n) is 3.38. The molecule has 2 rings (SSSR count). The fourth-order valence-electron chi connectivity index (χ4n) is 1.30. The minimum absolute atomic E-state index is 0.254. The summed E-state index contributed by atoms with van der Waals surface area (Å²) in [4.78, 5) is 18.3. The van der Waals surface area contributed by atoms with Crippen LogP contribution in [0.4, 0.5) is 0 Å². The molecular formula is C11H9Cl2N3O. The Morgan fingerprint density at radius 1 is 1.35 bits per heavy atom. The van der Waals surface area contributed by atoms with Gasteiger partial charge in [0.05, 0.1) is 5.02 Å². The lowest BCUT2D eigenvalue weighted by Crippen LogP contribution is -2.23. The van der Waals surface area contributed by atoms with Crippen LogP contribution < -0.4 is 5.32 Å². The van der Waals surface area contributed by atoms with Gasteiger partial charge in [0.25, 0.3) is 5.91 Å². The van der Waals surface area contributed by atoms with Crippen LogP contribution in [0, 0.1) is 0 Å². The van der Waals surface area contributed by atoms with Gasteiger partial charge in [-0.05, 0) is 23.8 Å². The number of pyridine rings is 1. The Hall–Kier alpha value is -1.52. The van der Waals surface area contributed by atoms with Gasteiger partial charge in [-0.3, -0.25) is 9.78 Å². The molecule has 0 radical (unpaired) electrons. The van der Waals surface area contributed by atoms with Crippen molar-refractivity contribution in [1.82, 2.24) is 15.3 Å². The van der Waals surface area contributed by atoms with Gasteiger partial charge in [-0.1, -0.05) is 23.2 Å². The first-order chi connectivity index (χ1) is 8.16. The molecule has 0 aliphatic heterocycles. The monoisotopic (exact) mass is 269 g/mol. The molecule has 6 heteroatoms. The number of rotatable bonds is 3. The van der Waals surface area contributed by atoms with Gasteiger partial charge in [0.15, 0.2) is 0 Å². The van der Waals surface area contributed by atoms with Gasteiger partial charge in [-0.25, -0.2) is 0 Å². The minimum atomic E-state index is -0.254. The Labute approximate surface area is 108 Å². The summed E-state index contributed by atoms with van der Waals surface area (Å²) >= 11 is 11.5. The van der Waals surface area contributed by atoms with Crippen LogP contribution in [0.1, 0.15) is 16.1 Å². The van der Waals surface area contributed by atoms with Crippen LogP contribution in [-0.4, -0.2) is 15.9 Å². The van der Waals surface area contributed by atoms with Crippen LogP contribution in [0.3, 0.4) is 0 Å². The van der Waals surface area contributed by atoms with Crippen LogP contribution in [0.2, 0.25) is 10.2 Å². The summed E-state index contributed by atoms with van der Waals surface area (Å²) in [6.07, 6.45) is 3.34. The van der Waals surface area contributed by atoms with E-state index in [9.17, 15) is 4.79 Å². The fraction of sp³-hybridized carbons (Fsp3) is 0.0909. The van der Waals surface area contributed by atoms with Crippen molar-refractivity contribution in [2.45, 2.75) is 6.54 Å². The van der Waals surface area contributed by atoms with E-state index in [0.717, 1.165) is 5.56 Å².